The smallest absolute Gasteiger partial charge is 0.215 e. The Morgan fingerprint density at radius 3 is 2.65 bits per heavy atom. The SMILES string of the molecule is COCOc1ccc(C)c(-n2c(N)c(C(=O)c3cc4ccccc4[nH]3)c3nc(C4CC4)c(C)nc32)c1C. The second-order valence-corrected chi connectivity index (χ2v) is 9.74. The first-order chi connectivity index (χ1) is 17.9. The highest BCUT2D eigenvalue weighted by Gasteiger charge is 2.32. The zero-order chi connectivity index (χ0) is 25.8. The fourth-order valence-electron chi connectivity index (χ4n) is 5.16. The molecule has 8 nitrogen and oxygen atoms in total. The summed E-state index contributed by atoms with van der Waals surface area (Å²) in [7, 11) is 1.58. The zero-order valence-corrected chi connectivity index (χ0v) is 21.4. The number of aromatic amines is 1. The molecule has 5 aromatic rings. The number of rotatable bonds is 7. The minimum absolute atomic E-state index is 0.124. The number of hydrogen-bond donors (Lipinski definition) is 2. The number of para-hydroxylation sites is 1. The van der Waals surface area contributed by atoms with E-state index in [0.29, 0.717) is 39.9 Å². The van der Waals surface area contributed by atoms with Crippen LogP contribution in [0.2, 0.25) is 0 Å². The number of nitrogens with one attached hydrogen (secondary N) is 1. The molecule has 1 fully saturated rings. The molecule has 2 aromatic carbocycles. The van der Waals surface area contributed by atoms with Gasteiger partial charge >= 0.3 is 0 Å². The Balaban J connectivity index is 1.62. The summed E-state index contributed by atoms with van der Waals surface area (Å²) in [5.74, 6) is 1.15. The Hall–Kier alpha value is -4.17. The van der Waals surface area contributed by atoms with Crippen molar-refractivity contribution in [2.45, 2.75) is 39.5 Å². The average molecular weight is 496 g/mol. The molecule has 0 radical (unpaired) electrons. The molecule has 1 aliphatic rings. The Kier molecular flexibility index (Phi) is 5.49. The highest BCUT2D eigenvalue weighted by atomic mass is 16.7. The predicted molar refractivity (Wildman–Crippen MR) is 144 cm³/mol. The van der Waals surface area contributed by atoms with Gasteiger partial charge in [0, 0.05) is 29.5 Å². The summed E-state index contributed by atoms with van der Waals surface area (Å²) >= 11 is 0. The van der Waals surface area contributed by atoms with Crippen molar-refractivity contribution in [3.8, 4) is 11.4 Å². The second kappa shape index (κ2) is 8.74. The number of carbonyl (C=O) groups is 1. The highest BCUT2D eigenvalue weighted by molar-refractivity contribution is 6.19. The molecule has 0 aliphatic heterocycles. The van der Waals surface area contributed by atoms with Gasteiger partial charge in [0.05, 0.1) is 28.3 Å². The lowest BCUT2D eigenvalue weighted by Crippen LogP contribution is -2.10. The van der Waals surface area contributed by atoms with Crippen LogP contribution in [0.5, 0.6) is 5.75 Å². The third kappa shape index (κ3) is 3.76. The molecule has 0 amide bonds. The number of ketones is 1. The topological polar surface area (TPSA) is 108 Å². The van der Waals surface area contributed by atoms with Gasteiger partial charge in [-0.3, -0.25) is 9.36 Å². The molecule has 0 atom stereocenters. The molecular weight excluding hydrogens is 466 g/mol. The van der Waals surface area contributed by atoms with E-state index in [2.05, 4.69) is 4.98 Å². The lowest BCUT2D eigenvalue weighted by atomic mass is 10.1. The third-order valence-corrected chi connectivity index (χ3v) is 7.14. The number of methoxy groups -OCH3 is 1. The maximum Gasteiger partial charge on any atom is 0.215 e. The van der Waals surface area contributed by atoms with Crippen molar-refractivity contribution < 1.29 is 14.3 Å². The first-order valence-corrected chi connectivity index (χ1v) is 12.4. The second-order valence-electron chi connectivity index (χ2n) is 9.74. The molecule has 188 valence electrons. The number of benzene rings is 2. The number of aryl methyl sites for hydroxylation is 2. The zero-order valence-electron chi connectivity index (χ0n) is 21.4. The number of ether oxygens (including phenoxy) is 2. The summed E-state index contributed by atoms with van der Waals surface area (Å²) in [6, 6.07) is 13.6. The Bertz CT molecular complexity index is 1660. The van der Waals surface area contributed by atoms with Crippen molar-refractivity contribution in [2.75, 3.05) is 19.6 Å². The van der Waals surface area contributed by atoms with E-state index >= 15 is 0 Å². The maximum atomic E-state index is 14.0. The summed E-state index contributed by atoms with van der Waals surface area (Å²) in [6.45, 7) is 6.08. The number of nitrogen functional groups attached to an aromatic ring is 1. The molecule has 8 heteroatoms. The minimum Gasteiger partial charge on any atom is -0.467 e. The summed E-state index contributed by atoms with van der Waals surface area (Å²) in [6.07, 6.45) is 2.17. The van der Waals surface area contributed by atoms with E-state index in [4.69, 9.17) is 25.2 Å². The van der Waals surface area contributed by atoms with Crippen LogP contribution in [0.25, 0.3) is 27.8 Å². The number of nitrogens with two attached hydrogens (primary N) is 1. The molecule has 3 N–H and O–H groups in total. The fraction of sp³-hybridized carbons (Fsp3) is 0.276. The van der Waals surface area contributed by atoms with Gasteiger partial charge in [-0.05, 0) is 57.4 Å². The van der Waals surface area contributed by atoms with E-state index in [0.717, 1.165) is 51.9 Å². The molecule has 1 aliphatic carbocycles. The molecule has 1 saturated carbocycles. The number of aromatic nitrogens is 4. The van der Waals surface area contributed by atoms with E-state index in [-0.39, 0.29) is 12.6 Å². The van der Waals surface area contributed by atoms with E-state index in [1.54, 1.807) is 7.11 Å². The molecular formula is C29H29N5O3. The highest BCUT2D eigenvalue weighted by Crippen LogP contribution is 2.42. The third-order valence-electron chi connectivity index (χ3n) is 7.14. The Morgan fingerprint density at radius 1 is 1.14 bits per heavy atom. The molecule has 37 heavy (non-hydrogen) atoms. The lowest BCUT2D eigenvalue weighted by Gasteiger charge is -2.17. The number of carbonyl (C=O) groups excluding carboxylic acids is 1. The normalized spacial score (nSPS) is 13.5. The van der Waals surface area contributed by atoms with Gasteiger partial charge in [0.2, 0.25) is 5.78 Å². The number of H-pyrrole nitrogens is 1. The molecule has 0 saturated heterocycles. The summed E-state index contributed by atoms with van der Waals surface area (Å²) in [5, 5.41) is 0.962. The van der Waals surface area contributed by atoms with Gasteiger partial charge in [0.1, 0.15) is 17.1 Å². The van der Waals surface area contributed by atoms with Crippen molar-refractivity contribution in [1.82, 2.24) is 19.5 Å². The van der Waals surface area contributed by atoms with E-state index in [1.165, 1.54) is 0 Å². The van der Waals surface area contributed by atoms with Crippen LogP contribution in [-0.2, 0) is 4.74 Å². The monoisotopic (exact) mass is 495 g/mol. The van der Waals surface area contributed by atoms with Crippen molar-refractivity contribution in [3.05, 3.63) is 76.2 Å². The summed E-state index contributed by atoms with van der Waals surface area (Å²) in [5.41, 5.74) is 14.1. The number of nitrogens with zero attached hydrogens (tertiary/aromatic N) is 3. The van der Waals surface area contributed by atoms with Crippen molar-refractivity contribution >= 4 is 33.7 Å². The van der Waals surface area contributed by atoms with Crippen molar-refractivity contribution in [1.29, 1.82) is 0 Å². The number of hydrogen-bond acceptors (Lipinski definition) is 6. The Labute approximate surface area is 214 Å². The van der Waals surface area contributed by atoms with Crippen LogP contribution in [-0.4, -0.2) is 39.2 Å². The summed E-state index contributed by atoms with van der Waals surface area (Å²) in [4.78, 5) is 27.3. The van der Waals surface area contributed by atoms with Crippen LogP contribution in [0, 0.1) is 20.8 Å². The van der Waals surface area contributed by atoms with Gasteiger partial charge in [0.25, 0.3) is 0 Å². The lowest BCUT2D eigenvalue weighted by molar-refractivity contribution is 0.0506. The first-order valence-electron chi connectivity index (χ1n) is 12.4. The van der Waals surface area contributed by atoms with Gasteiger partial charge < -0.3 is 20.2 Å². The maximum absolute atomic E-state index is 14.0. The van der Waals surface area contributed by atoms with Crippen molar-refractivity contribution in [2.24, 2.45) is 0 Å². The van der Waals surface area contributed by atoms with Gasteiger partial charge in [-0.1, -0.05) is 24.3 Å². The van der Waals surface area contributed by atoms with Crippen LogP contribution in [0.3, 0.4) is 0 Å². The van der Waals surface area contributed by atoms with Gasteiger partial charge in [-0.15, -0.1) is 0 Å². The van der Waals surface area contributed by atoms with Crippen LogP contribution in [0.4, 0.5) is 5.82 Å². The fourth-order valence-corrected chi connectivity index (χ4v) is 5.16. The van der Waals surface area contributed by atoms with Crippen LogP contribution in [0.15, 0.2) is 42.5 Å². The van der Waals surface area contributed by atoms with Gasteiger partial charge in [0.15, 0.2) is 12.4 Å². The molecule has 6 rings (SSSR count). The van der Waals surface area contributed by atoms with Gasteiger partial charge in [-0.2, -0.15) is 0 Å². The molecule has 3 aromatic heterocycles. The molecule has 0 unspecified atom stereocenters. The van der Waals surface area contributed by atoms with Gasteiger partial charge in [-0.25, -0.2) is 9.97 Å². The minimum atomic E-state index is -0.209. The number of fused-ring (bicyclic) bond motifs is 2. The van der Waals surface area contributed by atoms with Crippen LogP contribution >= 0.6 is 0 Å². The van der Waals surface area contributed by atoms with E-state index in [1.807, 2.05) is 67.8 Å². The number of anilines is 1. The average Bonchev–Trinajstić information content (AvgIpc) is 3.57. The first kappa shape index (κ1) is 23.2. The van der Waals surface area contributed by atoms with E-state index < -0.39 is 0 Å². The van der Waals surface area contributed by atoms with Crippen molar-refractivity contribution in [3.63, 3.8) is 0 Å². The largest absolute Gasteiger partial charge is 0.467 e. The van der Waals surface area contributed by atoms with Crippen LogP contribution < -0.4 is 10.5 Å². The predicted octanol–water partition coefficient (Wildman–Crippen LogP) is 5.50. The molecule has 0 spiro atoms. The van der Waals surface area contributed by atoms with Crippen LogP contribution in [0.1, 0.15) is 57.3 Å². The summed E-state index contributed by atoms with van der Waals surface area (Å²) < 4.78 is 12.8. The molecule has 0 bridgehead atoms. The molecule has 3 heterocycles. The standard InChI is InChI=1S/C29H29N5O3/c1-15-9-12-22(37-14-36-4)16(2)26(15)34-28(30)23(25-29(34)31-17(3)24(33-25)18-10-11-18)27(35)21-13-19-7-5-6-8-20(19)32-21/h5-9,12-13,18,32H,10-11,14,30H2,1-4H3. The van der Waals surface area contributed by atoms with E-state index in [9.17, 15) is 4.79 Å². The Morgan fingerprint density at radius 2 is 1.92 bits per heavy atom. The quantitative estimate of drug-likeness (QED) is 0.228.